The maximum Gasteiger partial charge on any atom is 0.133 e. The lowest BCUT2D eigenvalue weighted by molar-refractivity contribution is 0.590. The van der Waals surface area contributed by atoms with E-state index in [2.05, 4.69) is 0 Å². The van der Waals surface area contributed by atoms with Gasteiger partial charge in [0, 0.05) is 19.2 Å². The third kappa shape index (κ3) is 2.88. The van der Waals surface area contributed by atoms with Crippen molar-refractivity contribution in [3.05, 3.63) is 36.8 Å². The lowest BCUT2D eigenvalue weighted by atomic mass is 10.4. The third-order valence-electron chi connectivity index (χ3n) is 3.51. The first kappa shape index (κ1) is 14.0. The van der Waals surface area contributed by atoms with Crippen LogP contribution in [0.1, 0.15) is 19.3 Å². The highest BCUT2D eigenvalue weighted by Crippen LogP contribution is 2.63. The topological polar surface area (TPSA) is 26.3 Å². The second kappa shape index (κ2) is 6.19. The molecule has 1 aliphatic rings. The maximum absolute atomic E-state index is 6.23. The highest BCUT2D eigenvalue weighted by Gasteiger charge is 2.41. The average Bonchev–Trinajstić information content (AvgIpc) is 3.12. The summed E-state index contributed by atoms with van der Waals surface area (Å²) in [4.78, 5) is 0. The Morgan fingerprint density at radius 1 is 0.947 bits per heavy atom. The SMILES string of the molecule is ClP(Cl)C1CCCC1P(c1ccco1)c1ccco1. The van der Waals surface area contributed by atoms with E-state index in [1.165, 1.54) is 6.42 Å². The van der Waals surface area contributed by atoms with Gasteiger partial charge in [-0.1, -0.05) is 28.9 Å². The van der Waals surface area contributed by atoms with Gasteiger partial charge < -0.3 is 8.83 Å². The lowest BCUT2D eigenvalue weighted by Gasteiger charge is -2.26. The molecular formula is C13H14Cl2O2P2. The minimum Gasteiger partial charge on any atom is -0.464 e. The fraction of sp³-hybridized carbons (Fsp3) is 0.385. The standard InChI is InChI=1S/C13H14Cl2O2P2/c14-19(15)11-5-1-4-10(11)18(12-6-2-8-16-12)13-7-3-9-17-13/h2-3,6-11H,1,4-5H2. The lowest BCUT2D eigenvalue weighted by Crippen LogP contribution is -2.24. The maximum atomic E-state index is 6.23. The summed E-state index contributed by atoms with van der Waals surface area (Å²) < 4.78 is 11.3. The zero-order valence-electron chi connectivity index (χ0n) is 10.2. The van der Waals surface area contributed by atoms with Gasteiger partial charge >= 0.3 is 0 Å². The molecule has 2 unspecified atom stereocenters. The summed E-state index contributed by atoms with van der Waals surface area (Å²) in [6.45, 7) is -0.948. The molecule has 2 aromatic heterocycles. The van der Waals surface area contributed by atoms with E-state index < -0.39 is 14.5 Å². The summed E-state index contributed by atoms with van der Waals surface area (Å²) in [6.07, 6.45) is 6.90. The first-order valence-electron chi connectivity index (χ1n) is 6.24. The van der Waals surface area contributed by atoms with Crippen LogP contribution in [0.25, 0.3) is 0 Å². The third-order valence-corrected chi connectivity index (χ3v) is 9.11. The van der Waals surface area contributed by atoms with Crippen LogP contribution in [0.5, 0.6) is 0 Å². The molecule has 0 aliphatic heterocycles. The van der Waals surface area contributed by atoms with Gasteiger partial charge in [-0.25, -0.2) is 0 Å². The van der Waals surface area contributed by atoms with Crippen molar-refractivity contribution < 1.29 is 8.83 Å². The molecule has 0 amide bonds. The van der Waals surface area contributed by atoms with Gasteiger partial charge in [-0.05, 0) is 37.1 Å². The van der Waals surface area contributed by atoms with E-state index >= 15 is 0 Å². The number of rotatable bonds is 4. The Morgan fingerprint density at radius 2 is 1.53 bits per heavy atom. The molecule has 1 aliphatic carbocycles. The summed E-state index contributed by atoms with van der Waals surface area (Å²) in [5.41, 5.74) is 2.87. The van der Waals surface area contributed by atoms with E-state index in [9.17, 15) is 0 Å². The molecule has 0 aromatic carbocycles. The van der Waals surface area contributed by atoms with Crippen molar-refractivity contribution in [2.24, 2.45) is 0 Å². The van der Waals surface area contributed by atoms with E-state index in [0.717, 1.165) is 23.8 Å². The smallest absolute Gasteiger partial charge is 0.133 e. The second-order valence-electron chi connectivity index (χ2n) is 4.60. The predicted octanol–water partition coefficient (Wildman–Crippen LogP) is 5.02. The van der Waals surface area contributed by atoms with Gasteiger partial charge in [0.05, 0.1) is 19.2 Å². The molecule has 6 heteroatoms. The molecule has 0 saturated heterocycles. The van der Waals surface area contributed by atoms with Gasteiger partial charge in [0.2, 0.25) is 0 Å². The normalized spacial score (nSPS) is 23.6. The molecule has 2 nitrogen and oxygen atoms in total. The molecule has 2 heterocycles. The van der Waals surface area contributed by atoms with E-state index in [4.69, 9.17) is 31.3 Å². The van der Waals surface area contributed by atoms with E-state index in [1.807, 2.05) is 24.3 Å². The van der Waals surface area contributed by atoms with Crippen molar-refractivity contribution >= 4 is 48.0 Å². The Hall–Kier alpha value is 0.000000000000000167. The minimum absolute atomic E-state index is 0.389. The van der Waals surface area contributed by atoms with E-state index in [-0.39, 0.29) is 0 Å². The van der Waals surface area contributed by atoms with Crippen molar-refractivity contribution in [2.75, 3.05) is 0 Å². The number of furan rings is 2. The molecule has 19 heavy (non-hydrogen) atoms. The van der Waals surface area contributed by atoms with Gasteiger partial charge in [0.1, 0.15) is 11.0 Å². The van der Waals surface area contributed by atoms with Crippen LogP contribution in [0, 0.1) is 0 Å². The van der Waals surface area contributed by atoms with Crippen molar-refractivity contribution in [3.8, 4) is 0 Å². The number of hydrogen-bond acceptors (Lipinski definition) is 2. The van der Waals surface area contributed by atoms with Gasteiger partial charge in [-0.15, -0.1) is 0 Å². The first-order chi connectivity index (χ1) is 9.27. The zero-order chi connectivity index (χ0) is 13.2. The van der Waals surface area contributed by atoms with Crippen molar-refractivity contribution in [2.45, 2.75) is 30.6 Å². The molecule has 0 bridgehead atoms. The Labute approximate surface area is 124 Å². The van der Waals surface area contributed by atoms with Crippen LogP contribution in [-0.4, -0.2) is 11.3 Å². The Morgan fingerprint density at radius 3 is 2.00 bits per heavy atom. The van der Waals surface area contributed by atoms with E-state index in [1.54, 1.807) is 12.5 Å². The summed E-state index contributed by atoms with van der Waals surface area (Å²) in [5.74, 6) is 0. The van der Waals surface area contributed by atoms with E-state index in [0.29, 0.717) is 11.3 Å². The largest absolute Gasteiger partial charge is 0.464 e. The van der Waals surface area contributed by atoms with Crippen molar-refractivity contribution in [1.29, 1.82) is 0 Å². The fourth-order valence-electron chi connectivity index (χ4n) is 2.70. The van der Waals surface area contributed by atoms with Crippen LogP contribution < -0.4 is 11.0 Å². The average molecular weight is 335 g/mol. The summed E-state index contributed by atoms with van der Waals surface area (Å²) >= 11 is 12.5. The quantitative estimate of drug-likeness (QED) is 0.734. The van der Waals surface area contributed by atoms with Gasteiger partial charge in [-0.2, -0.15) is 0 Å². The van der Waals surface area contributed by atoms with Crippen LogP contribution in [0.3, 0.4) is 0 Å². The molecule has 3 rings (SSSR count). The Kier molecular flexibility index (Phi) is 4.54. The van der Waals surface area contributed by atoms with Crippen LogP contribution in [0.15, 0.2) is 45.6 Å². The highest BCUT2D eigenvalue weighted by molar-refractivity contribution is 8.04. The van der Waals surface area contributed by atoms with Crippen LogP contribution >= 0.6 is 37.0 Å². The first-order valence-corrected chi connectivity index (χ1v) is 10.9. The van der Waals surface area contributed by atoms with Gasteiger partial charge in [0.25, 0.3) is 0 Å². The monoisotopic (exact) mass is 334 g/mol. The Balaban J connectivity index is 1.96. The van der Waals surface area contributed by atoms with Gasteiger partial charge in [0.15, 0.2) is 0 Å². The number of halogens is 2. The second-order valence-corrected chi connectivity index (χ2v) is 10.8. The Bertz CT molecular complexity index is 464. The zero-order valence-corrected chi connectivity index (χ0v) is 13.5. The molecule has 1 saturated carbocycles. The molecular weight excluding hydrogens is 321 g/mol. The molecule has 0 radical (unpaired) electrons. The number of hydrogen-bond donors (Lipinski definition) is 0. The molecule has 1 fully saturated rings. The highest BCUT2D eigenvalue weighted by atomic mass is 35.9. The van der Waals surface area contributed by atoms with Crippen LogP contribution in [-0.2, 0) is 0 Å². The molecule has 102 valence electrons. The molecule has 2 aromatic rings. The molecule has 0 N–H and O–H groups in total. The summed E-state index contributed by atoms with van der Waals surface area (Å²) in [6, 6.07) is 7.94. The molecule has 2 atom stereocenters. The van der Waals surface area contributed by atoms with Crippen molar-refractivity contribution in [3.63, 3.8) is 0 Å². The summed E-state index contributed by atoms with van der Waals surface area (Å²) in [7, 11) is -0.636. The van der Waals surface area contributed by atoms with Crippen LogP contribution in [0.4, 0.5) is 0 Å². The fourth-order valence-corrected chi connectivity index (χ4v) is 8.81. The predicted molar refractivity (Wildman–Crippen MR) is 83.7 cm³/mol. The summed E-state index contributed by atoms with van der Waals surface area (Å²) in [5, 5.41) is 0. The van der Waals surface area contributed by atoms with Gasteiger partial charge in [-0.3, -0.25) is 0 Å². The molecule has 0 spiro atoms. The minimum atomic E-state index is -0.948. The van der Waals surface area contributed by atoms with Crippen LogP contribution in [0.2, 0.25) is 0 Å². The van der Waals surface area contributed by atoms with Crippen molar-refractivity contribution in [1.82, 2.24) is 0 Å².